The number of hydrogen-bond donors (Lipinski definition) is 1. The Bertz CT molecular complexity index is 645. The fourth-order valence-corrected chi connectivity index (χ4v) is 3.16. The average Bonchev–Trinajstić information content (AvgIpc) is 2.82. The van der Waals surface area contributed by atoms with Gasteiger partial charge in [0, 0.05) is 30.6 Å². The molecule has 126 valence electrons. The molecule has 1 saturated heterocycles. The maximum absolute atomic E-state index is 13.8. The summed E-state index contributed by atoms with van der Waals surface area (Å²) in [5.41, 5.74) is 0.847. The highest BCUT2D eigenvalue weighted by atomic mass is 35.5. The van der Waals surface area contributed by atoms with E-state index in [0.29, 0.717) is 22.8 Å². The molecule has 1 amide bonds. The Balaban J connectivity index is 0.00000132. The van der Waals surface area contributed by atoms with Crippen LogP contribution in [-0.2, 0) is 0 Å². The lowest BCUT2D eigenvalue weighted by Crippen LogP contribution is -2.34. The van der Waals surface area contributed by atoms with Gasteiger partial charge in [-0.1, -0.05) is 12.1 Å². The molecule has 1 aliphatic rings. The molecule has 2 heterocycles. The lowest BCUT2D eigenvalue weighted by Gasteiger charge is -2.18. The van der Waals surface area contributed by atoms with Gasteiger partial charge in [0.05, 0.1) is 0 Å². The summed E-state index contributed by atoms with van der Waals surface area (Å²) in [4.78, 5) is 18.6. The van der Waals surface area contributed by atoms with E-state index < -0.39 is 0 Å². The zero-order valence-electron chi connectivity index (χ0n) is 12.3. The Labute approximate surface area is 150 Å². The van der Waals surface area contributed by atoms with Gasteiger partial charge in [-0.2, -0.15) is 0 Å². The molecule has 1 N–H and O–H groups in total. The first-order valence-electron chi connectivity index (χ1n) is 6.96. The molecule has 4 nitrogen and oxygen atoms in total. The second-order valence-electron chi connectivity index (χ2n) is 4.91. The van der Waals surface area contributed by atoms with Crippen LogP contribution < -0.4 is 5.32 Å². The fourth-order valence-electron chi connectivity index (χ4n) is 2.34. The Kier molecular flexibility index (Phi) is 7.91. The number of carbonyl (C=O) groups excluding carboxylic acids is 1. The normalized spacial score (nSPS) is 14.4. The van der Waals surface area contributed by atoms with Crippen molar-refractivity contribution >= 4 is 42.1 Å². The third-order valence-corrected chi connectivity index (χ3v) is 4.33. The smallest absolute Gasteiger partial charge is 0.273 e. The fraction of sp³-hybridized carbons (Fsp3) is 0.333. The molecule has 0 saturated carbocycles. The van der Waals surface area contributed by atoms with Gasteiger partial charge in [0.15, 0.2) is 0 Å². The number of hydrogen-bond acceptors (Lipinski definition) is 4. The standard InChI is InChI=1S/C15H16FN3OS.2ClH/c16-12-5-2-1-4-11(12)14-18-13(10-21-14)15(20)19-8-3-6-17-7-9-19;;/h1-2,4-5,10,17H,3,6-9H2;2*1H. The van der Waals surface area contributed by atoms with Crippen molar-refractivity contribution < 1.29 is 9.18 Å². The van der Waals surface area contributed by atoms with Crippen LogP contribution in [0.25, 0.3) is 10.6 Å². The molecule has 0 unspecified atom stereocenters. The van der Waals surface area contributed by atoms with Gasteiger partial charge in [0.1, 0.15) is 16.5 Å². The molecule has 2 aromatic rings. The Hall–Kier alpha value is -1.21. The number of amides is 1. The molecule has 3 rings (SSSR count). The predicted molar refractivity (Wildman–Crippen MR) is 95.4 cm³/mol. The lowest BCUT2D eigenvalue weighted by molar-refractivity contribution is 0.0761. The first-order chi connectivity index (χ1) is 10.3. The van der Waals surface area contributed by atoms with Crippen molar-refractivity contribution in [2.24, 2.45) is 0 Å². The molecule has 0 radical (unpaired) electrons. The van der Waals surface area contributed by atoms with Gasteiger partial charge in [-0.05, 0) is 25.1 Å². The molecular formula is C15H18Cl2FN3OS. The quantitative estimate of drug-likeness (QED) is 0.873. The van der Waals surface area contributed by atoms with E-state index in [9.17, 15) is 9.18 Å². The molecule has 0 bridgehead atoms. The summed E-state index contributed by atoms with van der Waals surface area (Å²) in [6.07, 6.45) is 0.941. The van der Waals surface area contributed by atoms with Crippen molar-refractivity contribution in [3.8, 4) is 10.6 Å². The van der Waals surface area contributed by atoms with Crippen molar-refractivity contribution in [2.75, 3.05) is 26.2 Å². The SMILES string of the molecule is Cl.Cl.O=C(c1csc(-c2ccccc2F)n1)N1CCCNCC1. The first kappa shape index (κ1) is 19.8. The Morgan fingerprint density at radius 3 is 2.78 bits per heavy atom. The molecule has 0 spiro atoms. The second kappa shape index (κ2) is 9.17. The summed E-state index contributed by atoms with van der Waals surface area (Å²) >= 11 is 1.30. The molecule has 1 aliphatic heterocycles. The van der Waals surface area contributed by atoms with Crippen LogP contribution in [0.4, 0.5) is 4.39 Å². The van der Waals surface area contributed by atoms with Crippen molar-refractivity contribution in [1.82, 2.24) is 15.2 Å². The van der Waals surface area contributed by atoms with Gasteiger partial charge < -0.3 is 10.2 Å². The molecular weight excluding hydrogens is 360 g/mol. The van der Waals surface area contributed by atoms with Gasteiger partial charge >= 0.3 is 0 Å². The monoisotopic (exact) mass is 377 g/mol. The van der Waals surface area contributed by atoms with Crippen LogP contribution in [-0.4, -0.2) is 42.0 Å². The number of aromatic nitrogens is 1. The van der Waals surface area contributed by atoms with Crippen molar-refractivity contribution in [1.29, 1.82) is 0 Å². The Morgan fingerprint density at radius 1 is 1.22 bits per heavy atom. The lowest BCUT2D eigenvalue weighted by atomic mass is 10.2. The van der Waals surface area contributed by atoms with E-state index in [1.165, 1.54) is 17.4 Å². The van der Waals surface area contributed by atoms with Gasteiger partial charge in [0.25, 0.3) is 5.91 Å². The van der Waals surface area contributed by atoms with E-state index in [0.717, 1.165) is 26.1 Å². The number of benzene rings is 1. The molecule has 0 aliphatic carbocycles. The molecule has 1 aromatic heterocycles. The minimum atomic E-state index is -0.315. The maximum atomic E-state index is 13.8. The molecule has 0 atom stereocenters. The van der Waals surface area contributed by atoms with Gasteiger partial charge in [-0.15, -0.1) is 36.2 Å². The summed E-state index contributed by atoms with van der Waals surface area (Å²) in [5, 5.41) is 5.52. The largest absolute Gasteiger partial charge is 0.336 e. The van der Waals surface area contributed by atoms with E-state index in [4.69, 9.17) is 0 Å². The van der Waals surface area contributed by atoms with E-state index in [-0.39, 0.29) is 36.5 Å². The first-order valence-corrected chi connectivity index (χ1v) is 7.84. The molecule has 1 aromatic carbocycles. The number of thiazole rings is 1. The van der Waals surface area contributed by atoms with Gasteiger partial charge in [-0.3, -0.25) is 4.79 Å². The van der Waals surface area contributed by atoms with Crippen LogP contribution >= 0.6 is 36.2 Å². The van der Waals surface area contributed by atoms with E-state index >= 15 is 0 Å². The maximum Gasteiger partial charge on any atom is 0.273 e. The number of rotatable bonds is 2. The van der Waals surface area contributed by atoms with Crippen LogP contribution in [0.1, 0.15) is 16.9 Å². The van der Waals surface area contributed by atoms with Crippen molar-refractivity contribution in [3.63, 3.8) is 0 Å². The summed E-state index contributed by atoms with van der Waals surface area (Å²) in [6.45, 7) is 3.15. The van der Waals surface area contributed by atoms with E-state index in [2.05, 4.69) is 10.3 Å². The summed E-state index contributed by atoms with van der Waals surface area (Å²) in [5.74, 6) is -0.387. The third kappa shape index (κ3) is 4.64. The number of carbonyl (C=O) groups is 1. The minimum absolute atomic E-state index is 0. The van der Waals surface area contributed by atoms with Crippen LogP contribution in [0.15, 0.2) is 29.6 Å². The summed E-state index contributed by atoms with van der Waals surface area (Å²) in [6, 6.07) is 6.49. The topological polar surface area (TPSA) is 45.2 Å². The van der Waals surface area contributed by atoms with Crippen LogP contribution in [0.5, 0.6) is 0 Å². The highest BCUT2D eigenvalue weighted by Gasteiger charge is 2.20. The van der Waals surface area contributed by atoms with Gasteiger partial charge in [0.2, 0.25) is 0 Å². The Morgan fingerprint density at radius 2 is 2.00 bits per heavy atom. The van der Waals surface area contributed by atoms with Crippen LogP contribution in [0.2, 0.25) is 0 Å². The zero-order valence-corrected chi connectivity index (χ0v) is 14.8. The molecule has 8 heteroatoms. The van der Waals surface area contributed by atoms with Crippen molar-refractivity contribution in [2.45, 2.75) is 6.42 Å². The average molecular weight is 378 g/mol. The number of halogens is 3. The summed E-state index contributed by atoms with van der Waals surface area (Å²) < 4.78 is 13.8. The molecule has 1 fully saturated rings. The number of nitrogens with zero attached hydrogens (tertiary/aromatic N) is 2. The second-order valence-corrected chi connectivity index (χ2v) is 5.77. The zero-order chi connectivity index (χ0) is 14.7. The van der Waals surface area contributed by atoms with Crippen molar-refractivity contribution in [3.05, 3.63) is 41.2 Å². The highest BCUT2D eigenvalue weighted by Crippen LogP contribution is 2.26. The highest BCUT2D eigenvalue weighted by molar-refractivity contribution is 7.13. The van der Waals surface area contributed by atoms with E-state index in [1.54, 1.807) is 28.5 Å². The van der Waals surface area contributed by atoms with E-state index in [1.807, 2.05) is 0 Å². The summed E-state index contributed by atoms with van der Waals surface area (Å²) in [7, 11) is 0. The molecule has 23 heavy (non-hydrogen) atoms. The minimum Gasteiger partial charge on any atom is -0.336 e. The predicted octanol–water partition coefficient (Wildman–Crippen LogP) is 3.23. The van der Waals surface area contributed by atoms with Crippen LogP contribution in [0, 0.1) is 5.82 Å². The van der Waals surface area contributed by atoms with Crippen LogP contribution in [0.3, 0.4) is 0 Å². The van der Waals surface area contributed by atoms with Gasteiger partial charge in [-0.25, -0.2) is 9.37 Å². The third-order valence-electron chi connectivity index (χ3n) is 3.45. The number of nitrogens with one attached hydrogen (secondary N) is 1.